The maximum absolute atomic E-state index is 12.6. The molecule has 0 atom stereocenters. The first-order valence-corrected chi connectivity index (χ1v) is 8.15. The van der Waals surface area contributed by atoms with Gasteiger partial charge >= 0.3 is 12.2 Å². The number of ether oxygens (including phenoxy) is 2. The predicted molar refractivity (Wildman–Crippen MR) is 92.8 cm³/mol. The first-order valence-electron chi connectivity index (χ1n) is 7.36. The van der Waals surface area contributed by atoms with Crippen molar-refractivity contribution in [3.8, 4) is 0 Å². The van der Waals surface area contributed by atoms with E-state index in [0.29, 0.717) is 4.90 Å². The van der Waals surface area contributed by atoms with Gasteiger partial charge in [0.1, 0.15) is 11.2 Å². The van der Waals surface area contributed by atoms with Crippen molar-refractivity contribution in [1.82, 2.24) is 4.90 Å². The van der Waals surface area contributed by atoms with Crippen LogP contribution in [0.1, 0.15) is 51.9 Å². The summed E-state index contributed by atoms with van der Waals surface area (Å²) in [4.78, 5) is 37.7. The van der Waals surface area contributed by atoms with E-state index in [4.69, 9.17) is 9.47 Å². The predicted octanol–water partition coefficient (Wildman–Crippen LogP) is 4.76. The Hall–Kier alpha value is -1.89. The largest absolute Gasteiger partial charge is 0.443 e. The van der Waals surface area contributed by atoms with Crippen molar-refractivity contribution in [2.24, 2.45) is 0 Å². The lowest BCUT2D eigenvalue weighted by molar-refractivity contribution is 0.00398. The number of amides is 3. The molecule has 24 heavy (non-hydrogen) atoms. The van der Waals surface area contributed by atoms with Crippen molar-refractivity contribution in [3.05, 3.63) is 34.3 Å². The molecule has 3 amide bonds. The van der Waals surface area contributed by atoms with Crippen molar-refractivity contribution in [1.29, 1.82) is 0 Å². The van der Waals surface area contributed by atoms with Crippen LogP contribution >= 0.6 is 15.9 Å². The number of hydrogen-bond acceptors (Lipinski definition) is 5. The summed E-state index contributed by atoms with van der Waals surface area (Å²) in [6.45, 7) is 9.85. The number of benzene rings is 1. The van der Waals surface area contributed by atoms with E-state index in [2.05, 4.69) is 15.9 Å². The Kier molecular flexibility index (Phi) is 6.16. The zero-order valence-electron chi connectivity index (χ0n) is 14.7. The number of imide groups is 3. The molecular formula is C17H22BrNO5. The van der Waals surface area contributed by atoms with Crippen LogP contribution in [0.5, 0.6) is 0 Å². The van der Waals surface area contributed by atoms with Gasteiger partial charge < -0.3 is 9.47 Å². The Morgan fingerprint density at radius 1 is 0.833 bits per heavy atom. The van der Waals surface area contributed by atoms with Gasteiger partial charge in [-0.3, -0.25) is 4.79 Å². The van der Waals surface area contributed by atoms with Gasteiger partial charge in [0.25, 0.3) is 5.91 Å². The second-order valence-electron chi connectivity index (χ2n) is 7.11. The van der Waals surface area contributed by atoms with Gasteiger partial charge in [-0.15, -0.1) is 4.90 Å². The van der Waals surface area contributed by atoms with E-state index >= 15 is 0 Å². The number of carbonyl (C=O) groups excluding carboxylic acids is 3. The maximum Gasteiger partial charge on any atom is 0.427 e. The van der Waals surface area contributed by atoms with Crippen LogP contribution in [0.15, 0.2) is 28.7 Å². The lowest BCUT2D eigenvalue weighted by atomic mass is 10.2. The molecule has 1 aromatic rings. The monoisotopic (exact) mass is 399 g/mol. The molecular weight excluding hydrogens is 378 g/mol. The Labute approximate surface area is 150 Å². The third-order valence-corrected chi connectivity index (χ3v) is 2.98. The lowest BCUT2D eigenvalue weighted by Gasteiger charge is -2.27. The van der Waals surface area contributed by atoms with Crippen LogP contribution in [0, 0.1) is 0 Å². The third-order valence-electron chi connectivity index (χ3n) is 2.45. The van der Waals surface area contributed by atoms with E-state index in [-0.39, 0.29) is 5.56 Å². The second kappa shape index (κ2) is 7.34. The Morgan fingerprint density at radius 3 is 1.54 bits per heavy atom. The molecule has 0 aliphatic carbocycles. The van der Waals surface area contributed by atoms with Crippen molar-refractivity contribution >= 4 is 34.0 Å². The van der Waals surface area contributed by atoms with Gasteiger partial charge in [0.2, 0.25) is 0 Å². The summed E-state index contributed by atoms with van der Waals surface area (Å²) in [6.07, 6.45) is -2.16. The average Bonchev–Trinajstić information content (AvgIpc) is 2.34. The van der Waals surface area contributed by atoms with Crippen molar-refractivity contribution < 1.29 is 23.9 Å². The van der Waals surface area contributed by atoms with E-state index in [1.165, 1.54) is 12.1 Å². The summed E-state index contributed by atoms with van der Waals surface area (Å²) in [7, 11) is 0. The lowest BCUT2D eigenvalue weighted by Crippen LogP contribution is -2.46. The molecule has 0 aliphatic rings. The zero-order chi connectivity index (χ0) is 18.7. The van der Waals surface area contributed by atoms with E-state index in [1.54, 1.807) is 53.7 Å². The highest BCUT2D eigenvalue weighted by Crippen LogP contribution is 2.18. The molecule has 0 saturated carbocycles. The topological polar surface area (TPSA) is 72.9 Å². The molecule has 0 bridgehead atoms. The molecule has 0 heterocycles. The molecule has 0 aliphatic heterocycles. The van der Waals surface area contributed by atoms with E-state index < -0.39 is 29.3 Å². The molecule has 0 aromatic heterocycles. The molecule has 1 rings (SSSR count). The van der Waals surface area contributed by atoms with Gasteiger partial charge in [-0.25, -0.2) is 9.59 Å². The molecule has 1 aromatic carbocycles. The summed E-state index contributed by atoms with van der Waals surface area (Å²) >= 11 is 3.26. The standard InChI is InChI=1S/C17H22BrNO5/c1-16(2,3)23-14(21)19(15(22)24-17(4,5)6)13(20)11-7-9-12(18)10-8-11/h7-10H,1-6H3. The van der Waals surface area contributed by atoms with Gasteiger partial charge in [-0.2, -0.15) is 0 Å². The fraction of sp³-hybridized carbons (Fsp3) is 0.471. The quantitative estimate of drug-likeness (QED) is 0.680. The van der Waals surface area contributed by atoms with Crippen LogP contribution in [-0.4, -0.2) is 34.2 Å². The number of halogens is 1. The van der Waals surface area contributed by atoms with E-state index in [1.807, 2.05) is 0 Å². The highest BCUT2D eigenvalue weighted by atomic mass is 79.9. The molecule has 132 valence electrons. The van der Waals surface area contributed by atoms with Crippen molar-refractivity contribution in [3.63, 3.8) is 0 Å². The van der Waals surface area contributed by atoms with Crippen LogP contribution in [0.4, 0.5) is 9.59 Å². The van der Waals surface area contributed by atoms with Gasteiger partial charge in [0, 0.05) is 10.0 Å². The maximum atomic E-state index is 12.6. The van der Waals surface area contributed by atoms with E-state index in [0.717, 1.165) is 4.47 Å². The SMILES string of the molecule is CC(C)(C)OC(=O)N(C(=O)OC(C)(C)C)C(=O)c1ccc(Br)cc1. The highest BCUT2D eigenvalue weighted by Gasteiger charge is 2.36. The Morgan fingerprint density at radius 2 is 1.21 bits per heavy atom. The summed E-state index contributed by atoms with van der Waals surface area (Å²) in [5, 5.41) is 0. The normalized spacial score (nSPS) is 11.6. The summed E-state index contributed by atoms with van der Waals surface area (Å²) < 4.78 is 11.1. The first kappa shape index (κ1) is 20.2. The molecule has 0 unspecified atom stereocenters. The van der Waals surface area contributed by atoms with Gasteiger partial charge in [0.15, 0.2) is 0 Å². The number of rotatable bonds is 1. The van der Waals surface area contributed by atoms with Gasteiger partial charge in [0.05, 0.1) is 0 Å². The van der Waals surface area contributed by atoms with Crippen molar-refractivity contribution in [2.45, 2.75) is 52.7 Å². The minimum absolute atomic E-state index is 0.162. The smallest absolute Gasteiger partial charge is 0.427 e. The highest BCUT2D eigenvalue weighted by molar-refractivity contribution is 9.10. The summed E-state index contributed by atoms with van der Waals surface area (Å²) in [5.74, 6) is -0.814. The van der Waals surface area contributed by atoms with E-state index in [9.17, 15) is 14.4 Å². The minimum atomic E-state index is -1.08. The number of nitrogens with zero attached hydrogens (tertiary/aromatic N) is 1. The van der Waals surface area contributed by atoms with Crippen LogP contribution in [0.2, 0.25) is 0 Å². The molecule has 0 fully saturated rings. The van der Waals surface area contributed by atoms with Crippen LogP contribution < -0.4 is 0 Å². The first-order chi connectivity index (χ1) is 10.8. The van der Waals surface area contributed by atoms with Gasteiger partial charge in [-0.05, 0) is 65.8 Å². The average molecular weight is 400 g/mol. The molecule has 6 nitrogen and oxygen atoms in total. The fourth-order valence-electron chi connectivity index (χ4n) is 1.58. The molecule has 0 N–H and O–H groups in total. The van der Waals surface area contributed by atoms with Crippen LogP contribution in [0.25, 0.3) is 0 Å². The molecule has 7 heteroatoms. The van der Waals surface area contributed by atoms with Crippen LogP contribution in [0.3, 0.4) is 0 Å². The number of hydrogen-bond donors (Lipinski definition) is 0. The molecule has 0 spiro atoms. The van der Waals surface area contributed by atoms with Crippen molar-refractivity contribution in [2.75, 3.05) is 0 Å². The van der Waals surface area contributed by atoms with Gasteiger partial charge in [-0.1, -0.05) is 15.9 Å². The Bertz CT molecular complexity index is 598. The fourth-order valence-corrected chi connectivity index (χ4v) is 1.84. The third kappa shape index (κ3) is 6.31. The number of carbonyl (C=O) groups is 3. The Balaban J connectivity index is 3.16. The minimum Gasteiger partial charge on any atom is -0.443 e. The summed E-state index contributed by atoms with van der Waals surface area (Å²) in [6, 6.07) is 6.26. The molecule has 0 saturated heterocycles. The summed E-state index contributed by atoms with van der Waals surface area (Å²) in [5.41, 5.74) is -1.57. The second-order valence-corrected chi connectivity index (χ2v) is 8.02. The molecule has 0 radical (unpaired) electrons. The zero-order valence-corrected chi connectivity index (χ0v) is 16.3. The van der Waals surface area contributed by atoms with Crippen LogP contribution in [-0.2, 0) is 9.47 Å².